The van der Waals surface area contributed by atoms with Crippen LogP contribution in [-0.2, 0) is 37.5 Å². The molecule has 1 heterocycles. The fraction of sp³-hybridized carbons (Fsp3) is 0.125. The number of hydrazine groups is 1. The number of hydrogen-bond donors (Lipinski definition) is 1. The van der Waals surface area contributed by atoms with Crippen LogP contribution in [0.5, 0.6) is 0 Å². The van der Waals surface area contributed by atoms with Crippen LogP contribution in [-0.4, -0.2) is 11.3 Å². The molecule has 3 nitrogen and oxygen atoms in total. The molecule has 0 unspecified atom stereocenters. The largest absolute Gasteiger partial charge is 0.394 e. The first-order valence-corrected chi connectivity index (χ1v) is 3.16. The van der Waals surface area contributed by atoms with Crippen LogP contribution in [0.25, 0.3) is 0 Å². The Kier molecular flexibility index (Phi) is 4.60. The van der Waals surface area contributed by atoms with Crippen LogP contribution in [0.3, 0.4) is 0 Å². The zero-order valence-corrected chi connectivity index (χ0v) is 9.71. The van der Waals surface area contributed by atoms with Crippen molar-refractivity contribution >= 4 is 6.29 Å². The Hall–Kier alpha value is -0.246. The van der Waals surface area contributed by atoms with Gasteiger partial charge in [-0.15, -0.1) is 12.2 Å². The maximum absolute atomic E-state index is 10.4. The van der Waals surface area contributed by atoms with Gasteiger partial charge in [-0.2, -0.15) is 6.08 Å². The fourth-order valence-corrected chi connectivity index (χ4v) is 0.847. The van der Waals surface area contributed by atoms with Gasteiger partial charge in [0.15, 0.2) is 0 Å². The van der Waals surface area contributed by atoms with E-state index in [9.17, 15) is 4.79 Å². The van der Waals surface area contributed by atoms with Gasteiger partial charge in [-0.3, -0.25) is 5.84 Å². The first-order valence-electron chi connectivity index (χ1n) is 3.16. The number of hydrogen-bond acceptors (Lipinski definition) is 3. The molecular weight excluding hydrogens is 229 g/mol. The van der Waals surface area contributed by atoms with Gasteiger partial charge in [0.2, 0.25) is 0 Å². The number of allylic oxidation sites excluding steroid dienone is 3. The summed E-state index contributed by atoms with van der Waals surface area (Å²) < 4.78 is 0. The molecule has 0 saturated carbocycles. The molecule has 1 radical (unpaired) electrons. The van der Waals surface area contributed by atoms with Gasteiger partial charge in [0.25, 0.3) is 0 Å². The number of carbonyl (C=O) groups excluding carboxylic acids is 1. The number of carbonyl (C=O) groups is 1. The molecule has 0 amide bonds. The Morgan fingerprint density at radius 1 is 1.75 bits per heavy atom. The molecule has 0 aromatic heterocycles. The fourth-order valence-electron chi connectivity index (χ4n) is 0.847. The van der Waals surface area contributed by atoms with E-state index in [2.05, 4.69) is 12.8 Å². The average molecular weight is 238 g/mol. The molecule has 1 rings (SSSR count). The maximum atomic E-state index is 10.4. The molecule has 1 aliphatic rings. The van der Waals surface area contributed by atoms with Gasteiger partial charge in [0.1, 0.15) is 6.29 Å². The first kappa shape index (κ1) is 11.8. The molecule has 0 aliphatic carbocycles. The van der Waals surface area contributed by atoms with Crippen molar-refractivity contribution in [2.45, 2.75) is 6.92 Å². The topological polar surface area (TPSA) is 46.3 Å². The predicted octanol–water partition coefficient (Wildman–Crippen LogP) is 0.519. The van der Waals surface area contributed by atoms with Crippen molar-refractivity contribution < 1.29 is 37.5 Å². The third-order valence-corrected chi connectivity index (χ3v) is 1.42. The molecule has 1 aliphatic heterocycles. The SMILES string of the molecule is C=C1C(C=O)=CC(C)=[C-]N1N.[Y]. The van der Waals surface area contributed by atoms with Crippen molar-refractivity contribution in [3.8, 4) is 0 Å². The summed E-state index contributed by atoms with van der Waals surface area (Å²) in [5, 5.41) is 1.22. The van der Waals surface area contributed by atoms with E-state index in [1.54, 1.807) is 6.08 Å². The van der Waals surface area contributed by atoms with Crippen LogP contribution in [0.1, 0.15) is 6.92 Å². The van der Waals surface area contributed by atoms with Gasteiger partial charge in [0.05, 0.1) is 0 Å². The van der Waals surface area contributed by atoms with Crippen molar-refractivity contribution in [1.82, 2.24) is 5.01 Å². The van der Waals surface area contributed by atoms with Crippen molar-refractivity contribution in [3.63, 3.8) is 0 Å². The van der Waals surface area contributed by atoms with Crippen LogP contribution < -0.4 is 5.84 Å². The van der Waals surface area contributed by atoms with Crippen LogP contribution in [0.15, 0.2) is 29.5 Å². The second kappa shape index (κ2) is 4.70. The normalized spacial score (nSPS) is 16.2. The van der Waals surface area contributed by atoms with Gasteiger partial charge < -0.3 is 9.80 Å². The second-order valence-corrected chi connectivity index (χ2v) is 2.33. The van der Waals surface area contributed by atoms with Crippen LogP contribution in [0, 0.1) is 6.20 Å². The summed E-state index contributed by atoms with van der Waals surface area (Å²) in [6.45, 7) is 5.42. The van der Waals surface area contributed by atoms with E-state index in [1.807, 2.05) is 6.92 Å². The van der Waals surface area contributed by atoms with E-state index in [0.29, 0.717) is 11.3 Å². The summed E-state index contributed by atoms with van der Waals surface area (Å²) >= 11 is 0. The van der Waals surface area contributed by atoms with E-state index in [-0.39, 0.29) is 32.7 Å². The molecule has 0 saturated heterocycles. The third-order valence-electron chi connectivity index (χ3n) is 1.42. The standard InChI is InChI=1S/C8H9N2O.Y/c1-6-3-8(5-11)7(2)10(9)4-6;/h3,5H,2,9H2,1H3;/q-1;. The minimum absolute atomic E-state index is 0. The summed E-state index contributed by atoms with van der Waals surface area (Å²) in [5.74, 6) is 5.44. The van der Waals surface area contributed by atoms with Crippen molar-refractivity contribution in [1.29, 1.82) is 0 Å². The van der Waals surface area contributed by atoms with Gasteiger partial charge >= 0.3 is 0 Å². The number of nitrogens with zero attached hydrogens (tertiary/aromatic N) is 1. The van der Waals surface area contributed by atoms with E-state index >= 15 is 0 Å². The summed E-state index contributed by atoms with van der Waals surface area (Å²) in [4.78, 5) is 10.4. The second-order valence-electron chi connectivity index (χ2n) is 2.33. The van der Waals surface area contributed by atoms with Gasteiger partial charge in [-0.05, 0) is 0 Å². The van der Waals surface area contributed by atoms with Crippen molar-refractivity contribution in [2.75, 3.05) is 0 Å². The van der Waals surface area contributed by atoms with Crippen molar-refractivity contribution in [2.24, 2.45) is 5.84 Å². The maximum Gasteiger partial charge on any atom is 0.128 e. The molecule has 2 N–H and O–H groups in total. The Labute approximate surface area is 96.8 Å². The monoisotopic (exact) mass is 238 g/mol. The predicted molar refractivity (Wildman–Crippen MR) is 41.7 cm³/mol. The zero-order valence-electron chi connectivity index (χ0n) is 6.87. The minimum atomic E-state index is 0. The molecule has 0 atom stereocenters. The van der Waals surface area contributed by atoms with Gasteiger partial charge in [-0.25, -0.2) is 0 Å². The summed E-state index contributed by atoms with van der Waals surface area (Å²) in [7, 11) is 0. The summed E-state index contributed by atoms with van der Waals surface area (Å²) in [6.07, 6.45) is 5.21. The molecule has 4 heteroatoms. The molecule has 61 valence electrons. The molecule has 0 aromatic rings. The first-order chi connectivity index (χ1) is 5.15. The molecule has 0 bridgehead atoms. The summed E-state index contributed by atoms with van der Waals surface area (Å²) in [6, 6.07) is 0. The molecule has 0 fully saturated rings. The zero-order chi connectivity index (χ0) is 8.43. The minimum Gasteiger partial charge on any atom is -0.394 e. The molecule has 0 spiro atoms. The van der Waals surface area contributed by atoms with Crippen LogP contribution in [0.4, 0.5) is 0 Å². The third kappa shape index (κ3) is 2.37. The Bertz CT molecular complexity index is 268. The van der Waals surface area contributed by atoms with E-state index in [0.717, 1.165) is 11.9 Å². The van der Waals surface area contributed by atoms with Crippen molar-refractivity contribution in [3.05, 3.63) is 35.7 Å². The Morgan fingerprint density at radius 3 is 2.83 bits per heavy atom. The number of aldehydes is 1. The average Bonchev–Trinajstić information content (AvgIpc) is 1.96. The molecular formula is C8H9N2OY-. The summed E-state index contributed by atoms with van der Waals surface area (Å²) in [5.41, 5.74) is 1.80. The van der Waals surface area contributed by atoms with Gasteiger partial charge in [0, 0.05) is 32.7 Å². The van der Waals surface area contributed by atoms with Crippen LogP contribution >= 0.6 is 0 Å². The van der Waals surface area contributed by atoms with E-state index in [4.69, 9.17) is 5.84 Å². The van der Waals surface area contributed by atoms with E-state index < -0.39 is 0 Å². The number of nitrogens with two attached hydrogens (primary N) is 1. The Morgan fingerprint density at radius 2 is 2.33 bits per heavy atom. The molecule has 0 aromatic carbocycles. The van der Waals surface area contributed by atoms with E-state index in [1.165, 1.54) is 5.01 Å². The van der Waals surface area contributed by atoms with Crippen LogP contribution in [0.2, 0.25) is 0 Å². The van der Waals surface area contributed by atoms with Gasteiger partial charge in [-0.1, -0.05) is 24.4 Å². The molecule has 12 heavy (non-hydrogen) atoms. The Balaban J connectivity index is 0.00000121. The smallest absolute Gasteiger partial charge is 0.128 e. The quantitative estimate of drug-likeness (QED) is 0.411. The number of rotatable bonds is 1.